The number of aromatic amines is 1. The fraction of sp³-hybridized carbons (Fsp3) is 0.308. The summed E-state index contributed by atoms with van der Waals surface area (Å²) in [6, 6.07) is 1.95. The predicted octanol–water partition coefficient (Wildman–Crippen LogP) is 1.38. The minimum Gasteiger partial charge on any atom is -0.481 e. The third kappa shape index (κ3) is 2.29. The van der Waals surface area contributed by atoms with E-state index in [1.54, 1.807) is 12.4 Å². The van der Waals surface area contributed by atoms with Gasteiger partial charge in [-0.1, -0.05) is 0 Å². The first-order valence-corrected chi connectivity index (χ1v) is 6.17. The third-order valence-corrected chi connectivity index (χ3v) is 3.39. The van der Waals surface area contributed by atoms with E-state index in [4.69, 9.17) is 5.11 Å². The van der Waals surface area contributed by atoms with Gasteiger partial charge in [-0.2, -0.15) is 0 Å². The van der Waals surface area contributed by atoms with Crippen LogP contribution in [0.15, 0.2) is 30.9 Å². The zero-order chi connectivity index (χ0) is 13.2. The Morgan fingerprint density at radius 1 is 1.37 bits per heavy atom. The Labute approximate surface area is 110 Å². The molecular formula is C13H14N4O2. The molecule has 0 spiro atoms. The van der Waals surface area contributed by atoms with Crippen molar-refractivity contribution in [1.29, 1.82) is 0 Å². The summed E-state index contributed by atoms with van der Waals surface area (Å²) in [5.41, 5.74) is 1.98. The van der Waals surface area contributed by atoms with E-state index in [2.05, 4.69) is 15.0 Å². The van der Waals surface area contributed by atoms with Crippen LogP contribution < -0.4 is 4.90 Å². The molecule has 3 rings (SSSR count). The van der Waals surface area contributed by atoms with Crippen LogP contribution in [0.4, 0.5) is 5.95 Å². The SMILES string of the molecule is O=C(O)C1CCN(c2ncc(-c3cc[nH]c3)cn2)C1. The fourth-order valence-corrected chi connectivity index (χ4v) is 2.28. The first kappa shape index (κ1) is 11.7. The molecule has 0 aliphatic carbocycles. The van der Waals surface area contributed by atoms with E-state index < -0.39 is 5.97 Å². The highest BCUT2D eigenvalue weighted by atomic mass is 16.4. The molecule has 0 radical (unpaired) electrons. The van der Waals surface area contributed by atoms with E-state index in [1.807, 2.05) is 23.4 Å². The average molecular weight is 258 g/mol. The van der Waals surface area contributed by atoms with Crippen LogP contribution >= 0.6 is 0 Å². The zero-order valence-corrected chi connectivity index (χ0v) is 10.3. The molecule has 2 N–H and O–H groups in total. The molecule has 1 aliphatic heterocycles. The monoisotopic (exact) mass is 258 g/mol. The number of aliphatic carboxylic acids is 1. The Morgan fingerprint density at radius 3 is 2.74 bits per heavy atom. The van der Waals surface area contributed by atoms with Crippen molar-refractivity contribution in [3.63, 3.8) is 0 Å². The third-order valence-electron chi connectivity index (χ3n) is 3.39. The molecule has 1 aliphatic rings. The van der Waals surface area contributed by atoms with Gasteiger partial charge in [0.25, 0.3) is 0 Å². The van der Waals surface area contributed by atoms with E-state index in [-0.39, 0.29) is 5.92 Å². The Morgan fingerprint density at radius 2 is 2.16 bits per heavy atom. The molecule has 1 saturated heterocycles. The number of anilines is 1. The van der Waals surface area contributed by atoms with E-state index in [9.17, 15) is 4.79 Å². The zero-order valence-electron chi connectivity index (χ0n) is 10.3. The topological polar surface area (TPSA) is 82.1 Å². The highest BCUT2D eigenvalue weighted by molar-refractivity contribution is 5.71. The molecular weight excluding hydrogens is 244 g/mol. The predicted molar refractivity (Wildman–Crippen MR) is 69.8 cm³/mol. The van der Waals surface area contributed by atoms with Crippen molar-refractivity contribution in [3.05, 3.63) is 30.9 Å². The van der Waals surface area contributed by atoms with Gasteiger partial charge < -0.3 is 15.0 Å². The number of nitrogens with zero attached hydrogens (tertiary/aromatic N) is 3. The lowest BCUT2D eigenvalue weighted by atomic mass is 10.1. The van der Waals surface area contributed by atoms with Crippen LogP contribution in [0, 0.1) is 5.92 Å². The molecule has 3 heterocycles. The summed E-state index contributed by atoms with van der Waals surface area (Å²) in [7, 11) is 0. The summed E-state index contributed by atoms with van der Waals surface area (Å²) in [6.45, 7) is 1.18. The van der Waals surface area contributed by atoms with Crippen LogP contribution in [0.3, 0.4) is 0 Å². The van der Waals surface area contributed by atoms with Gasteiger partial charge in [0.2, 0.25) is 5.95 Å². The number of nitrogens with one attached hydrogen (secondary N) is 1. The second kappa shape index (κ2) is 4.72. The number of carboxylic acid groups (broad SMARTS) is 1. The highest BCUT2D eigenvalue weighted by Crippen LogP contribution is 2.22. The summed E-state index contributed by atoms with van der Waals surface area (Å²) in [6.07, 6.45) is 7.91. The molecule has 6 nitrogen and oxygen atoms in total. The van der Waals surface area contributed by atoms with Crippen molar-refractivity contribution >= 4 is 11.9 Å². The number of hydrogen-bond acceptors (Lipinski definition) is 4. The molecule has 2 aromatic rings. The maximum Gasteiger partial charge on any atom is 0.308 e. The first-order chi connectivity index (χ1) is 9.24. The van der Waals surface area contributed by atoms with Gasteiger partial charge in [-0.3, -0.25) is 4.79 Å². The summed E-state index contributed by atoms with van der Waals surface area (Å²) in [5.74, 6) is -0.456. The second-order valence-corrected chi connectivity index (χ2v) is 4.64. The van der Waals surface area contributed by atoms with Crippen molar-refractivity contribution in [2.75, 3.05) is 18.0 Å². The number of aromatic nitrogens is 3. The largest absolute Gasteiger partial charge is 0.481 e. The van der Waals surface area contributed by atoms with Crippen molar-refractivity contribution < 1.29 is 9.90 Å². The molecule has 0 aromatic carbocycles. The van der Waals surface area contributed by atoms with Gasteiger partial charge in [0.05, 0.1) is 5.92 Å². The minimum absolute atomic E-state index is 0.312. The van der Waals surface area contributed by atoms with E-state index in [0.717, 1.165) is 11.1 Å². The maximum absolute atomic E-state index is 10.9. The van der Waals surface area contributed by atoms with Crippen molar-refractivity contribution in [2.45, 2.75) is 6.42 Å². The molecule has 1 atom stereocenters. The second-order valence-electron chi connectivity index (χ2n) is 4.64. The van der Waals surface area contributed by atoms with Crippen LogP contribution in [0.2, 0.25) is 0 Å². The molecule has 1 fully saturated rings. The molecule has 0 saturated carbocycles. The summed E-state index contributed by atoms with van der Waals surface area (Å²) in [5, 5.41) is 8.98. The van der Waals surface area contributed by atoms with Gasteiger partial charge in [-0.15, -0.1) is 0 Å². The highest BCUT2D eigenvalue weighted by Gasteiger charge is 2.29. The summed E-state index contributed by atoms with van der Waals surface area (Å²) in [4.78, 5) is 24.5. The normalized spacial score (nSPS) is 18.7. The van der Waals surface area contributed by atoms with Crippen molar-refractivity contribution in [1.82, 2.24) is 15.0 Å². The lowest BCUT2D eigenvalue weighted by molar-refractivity contribution is -0.140. The van der Waals surface area contributed by atoms with E-state index in [0.29, 0.717) is 25.5 Å². The van der Waals surface area contributed by atoms with Gasteiger partial charge in [-0.05, 0) is 12.5 Å². The van der Waals surface area contributed by atoms with Gasteiger partial charge in [0.1, 0.15) is 0 Å². The Bertz CT molecular complexity index is 565. The average Bonchev–Trinajstić information content (AvgIpc) is 3.11. The minimum atomic E-state index is -0.744. The van der Waals surface area contributed by atoms with Crippen molar-refractivity contribution in [3.8, 4) is 11.1 Å². The Kier molecular flexibility index (Phi) is 2.91. The van der Waals surface area contributed by atoms with Crippen LogP contribution in [0.1, 0.15) is 6.42 Å². The van der Waals surface area contributed by atoms with Gasteiger partial charge in [0, 0.05) is 49.0 Å². The molecule has 2 aromatic heterocycles. The number of H-pyrrole nitrogens is 1. The molecule has 98 valence electrons. The van der Waals surface area contributed by atoms with Crippen LogP contribution in [0.5, 0.6) is 0 Å². The Balaban J connectivity index is 1.75. The standard InChI is InChI=1S/C13H14N4O2/c18-12(19)10-2-4-17(8-10)13-15-6-11(7-16-13)9-1-3-14-5-9/h1,3,5-7,10,14H,2,4,8H2,(H,18,19). The maximum atomic E-state index is 10.9. The van der Waals surface area contributed by atoms with Crippen LogP contribution in [0.25, 0.3) is 11.1 Å². The number of carbonyl (C=O) groups is 1. The first-order valence-electron chi connectivity index (χ1n) is 6.17. The summed E-state index contributed by atoms with van der Waals surface area (Å²) < 4.78 is 0. The number of hydrogen-bond donors (Lipinski definition) is 2. The lowest BCUT2D eigenvalue weighted by Gasteiger charge is -2.15. The van der Waals surface area contributed by atoms with Gasteiger partial charge >= 0.3 is 5.97 Å². The number of rotatable bonds is 3. The molecule has 1 unspecified atom stereocenters. The van der Waals surface area contributed by atoms with Crippen LogP contribution in [-0.2, 0) is 4.79 Å². The molecule has 0 bridgehead atoms. The molecule has 6 heteroatoms. The fourth-order valence-electron chi connectivity index (χ4n) is 2.28. The van der Waals surface area contributed by atoms with E-state index in [1.165, 1.54) is 0 Å². The van der Waals surface area contributed by atoms with Crippen LogP contribution in [-0.4, -0.2) is 39.1 Å². The van der Waals surface area contributed by atoms with Gasteiger partial charge in [-0.25, -0.2) is 9.97 Å². The van der Waals surface area contributed by atoms with Gasteiger partial charge in [0.15, 0.2) is 0 Å². The van der Waals surface area contributed by atoms with E-state index >= 15 is 0 Å². The summed E-state index contributed by atoms with van der Waals surface area (Å²) >= 11 is 0. The number of carboxylic acids is 1. The van der Waals surface area contributed by atoms with Crippen molar-refractivity contribution in [2.24, 2.45) is 5.92 Å². The quantitative estimate of drug-likeness (QED) is 0.869. The lowest BCUT2D eigenvalue weighted by Crippen LogP contribution is -2.24. The Hall–Kier alpha value is -2.37. The smallest absolute Gasteiger partial charge is 0.308 e. The molecule has 0 amide bonds. The molecule has 19 heavy (non-hydrogen) atoms.